The zero-order chi connectivity index (χ0) is 13.7. The fraction of sp³-hybridized carbons (Fsp3) is 0.867. The summed E-state index contributed by atoms with van der Waals surface area (Å²) in [5.74, 6) is 0.728. The van der Waals surface area contributed by atoms with Gasteiger partial charge in [-0.25, -0.2) is 19.6 Å². The molecule has 0 saturated heterocycles. The average molecular weight is 262 g/mol. The molecular formula is C15H22N2O2. The zero-order valence-electron chi connectivity index (χ0n) is 11.6. The lowest BCUT2D eigenvalue weighted by Gasteiger charge is -2.44. The number of aliphatic imine (C=N–C) groups is 2. The van der Waals surface area contributed by atoms with Crippen LogP contribution in [0, 0.1) is 11.3 Å². The molecule has 2 fully saturated rings. The molecule has 0 aromatic carbocycles. The van der Waals surface area contributed by atoms with Crippen molar-refractivity contribution >= 4 is 12.2 Å². The summed E-state index contributed by atoms with van der Waals surface area (Å²) in [4.78, 5) is 28.3. The molecule has 0 unspecified atom stereocenters. The van der Waals surface area contributed by atoms with Crippen molar-refractivity contribution in [3.05, 3.63) is 0 Å². The smallest absolute Gasteiger partial charge is 0.211 e. The minimum atomic E-state index is 0.196. The second-order valence-corrected chi connectivity index (χ2v) is 6.33. The van der Waals surface area contributed by atoms with Crippen LogP contribution in [0.1, 0.15) is 58.3 Å². The van der Waals surface area contributed by atoms with Crippen LogP contribution in [0.3, 0.4) is 0 Å². The maximum atomic E-state index is 10.3. The summed E-state index contributed by atoms with van der Waals surface area (Å²) in [7, 11) is 0. The van der Waals surface area contributed by atoms with Crippen molar-refractivity contribution in [3.63, 3.8) is 0 Å². The van der Waals surface area contributed by atoms with Crippen molar-refractivity contribution in [2.24, 2.45) is 21.3 Å². The monoisotopic (exact) mass is 262 g/mol. The molecule has 104 valence electrons. The van der Waals surface area contributed by atoms with Gasteiger partial charge in [-0.15, -0.1) is 0 Å². The summed E-state index contributed by atoms with van der Waals surface area (Å²) < 4.78 is 0. The van der Waals surface area contributed by atoms with Crippen LogP contribution in [0.2, 0.25) is 0 Å². The molecule has 0 bridgehead atoms. The third-order valence-corrected chi connectivity index (χ3v) is 5.25. The van der Waals surface area contributed by atoms with Gasteiger partial charge in [-0.1, -0.05) is 6.92 Å². The lowest BCUT2D eigenvalue weighted by molar-refractivity contribution is 0.0773. The van der Waals surface area contributed by atoms with Crippen LogP contribution in [-0.4, -0.2) is 24.2 Å². The third kappa shape index (κ3) is 3.40. The van der Waals surface area contributed by atoms with E-state index in [0.29, 0.717) is 5.41 Å². The highest BCUT2D eigenvalue weighted by Gasteiger charge is 2.39. The molecule has 0 amide bonds. The van der Waals surface area contributed by atoms with Gasteiger partial charge in [-0.2, -0.15) is 0 Å². The molecule has 0 radical (unpaired) electrons. The average Bonchev–Trinajstić information content (AvgIpc) is 2.43. The van der Waals surface area contributed by atoms with Gasteiger partial charge in [0.15, 0.2) is 0 Å². The molecule has 0 heterocycles. The summed E-state index contributed by atoms with van der Waals surface area (Å²) in [6.07, 6.45) is 12.1. The van der Waals surface area contributed by atoms with Gasteiger partial charge >= 0.3 is 0 Å². The molecule has 2 saturated carbocycles. The molecular weight excluding hydrogens is 240 g/mol. The first kappa shape index (κ1) is 14.2. The van der Waals surface area contributed by atoms with E-state index in [1.165, 1.54) is 0 Å². The standard InChI is InChI=1S/C15H22N2O2/c1-15(8-6-14(7-9-15)17-11-19)12-2-4-13(5-3-12)16-10-18/h12-14H,2-9H2,1H3. The number of rotatable bonds is 3. The topological polar surface area (TPSA) is 58.9 Å². The molecule has 0 N–H and O–H groups in total. The van der Waals surface area contributed by atoms with E-state index in [1.54, 1.807) is 12.2 Å². The van der Waals surface area contributed by atoms with E-state index in [9.17, 15) is 9.59 Å². The minimum absolute atomic E-state index is 0.196. The van der Waals surface area contributed by atoms with E-state index in [4.69, 9.17) is 0 Å². The van der Waals surface area contributed by atoms with Crippen LogP contribution in [-0.2, 0) is 9.59 Å². The van der Waals surface area contributed by atoms with Crippen LogP contribution < -0.4 is 0 Å². The summed E-state index contributed by atoms with van der Waals surface area (Å²) in [6.45, 7) is 2.38. The lowest BCUT2D eigenvalue weighted by atomic mass is 9.62. The number of carbonyl (C=O) groups excluding carboxylic acids is 2. The van der Waals surface area contributed by atoms with E-state index in [0.717, 1.165) is 57.3 Å². The quantitative estimate of drug-likeness (QED) is 0.579. The van der Waals surface area contributed by atoms with Gasteiger partial charge in [0.25, 0.3) is 0 Å². The Labute approximate surface area is 114 Å². The second kappa shape index (κ2) is 6.27. The van der Waals surface area contributed by atoms with Crippen molar-refractivity contribution in [1.82, 2.24) is 0 Å². The van der Waals surface area contributed by atoms with Crippen LogP contribution in [0.4, 0.5) is 0 Å². The summed E-state index contributed by atoms with van der Waals surface area (Å²) in [6, 6.07) is 0.398. The molecule has 2 aliphatic rings. The Balaban J connectivity index is 1.89. The maximum absolute atomic E-state index is 10.3. The van der Waals surface area contributed by atoms with Crippen LogP contribution in [0.25, 0.3) is 0 Å². The van der Waals surface area contributed by atoms with Gasteiger partial charge in [0.05, 0.1) is 12.1 Å². The van der Waals surface area contributed by atoms with Crippen molar-refractivity contribution in [2.45, 2.75) is 70.4 Å². The van der Waals surface area contributed by atoms with Crippen molar-refractivity contribution in [3.8, 4) is 0 Å². The number of isocyanates is 2. The Morgan fingerprint density at radius 1 is 0.842 bits per heavy atom. The SMILES string of the molecule is CC1(C2CCC(N=C=O)CC2)CCC(N=C=O)CC1. The predicted molar refractivity (Wildman–Crippen MR) is 72.4 cm³/mol. The Morgan fingerprint density at radius 2 is 1.32 bits per heavy atom. The molecule has 0 aromatic rings. The Morgan fingerprint density at radius 3 is 1.79 bits per heavy atom. The van der Waals surface area contributed by atoms with Crippen LogP contribution in [0.5, 0.6) is 0 Å². The summed E-state index contributed by atoms with van der Waals surface area (Å²) in [5, 5.41) is 0. The van der Waals surface area contributed by atoms with Gasteiger partial charge in [0, 0.05) is 0 Å². The maximum Gasteiger partial charge on any atom is 0.235 e. The molecule has 19 heavy (non-hydrogen) atoms. The van der Waals surface area contributed by atoms with Gasteiger partial charge < -0.3 is 0 Å². The van der Waals surface area contributed by atoms with E-state index < -0.39 is 0 Å². The first-order valence-electron chi connectivity index (χ1n) is 7.32. The Hall–Kier alpha value is -1.24. The lowest BCUT2D eigenvalue weighted by Crippen LogP contribution is -2.36. The predicted octanol–water partition coefficient (Wildman–Crippen LogP) is 3.17. The first-order chi connectivity index (χ1) is 9.18. The normalized spacial score (nSPS) is 38.9. The summed E-state index contributed by atoms with van der Waals surface area (Å²) in [5.41, 5.74) is 0.380. The zero-order valence-corrected chi connectivity index (χ0v) is 11.6. The number of hydrogen-bond acceptors (Lipinski definition) is 4. The highest BCUT2D eigenvalue weighted by Crippen LogP contribution is 2.48. The fourth-order valence-corrected chi connectivity index (χ4v) is 3.85. The van der Waals surface area contributed by atoms with Crippen molar-refractivity contribution in [2.75, 3.05) is 0 Å². The number of hydrogen-bond donors (Lipinski definition) is 0. The molecule has 0 aliphatic heterocycles. The van der Waals surface area contributed by atoms with Gasteiger partial charge in [0.2, 0.25) is 12.2 Å². The first-order valence-corrected chi connectivity index (χ1v) is 7.32. The second-order valence-electron chi connectivity index (χ2n) is 6.33. The molecule has 2 rings (SSSR count). The molecule has 4 heteroatoms. The van der Waals surface area contributed by atoms with Crippen LogP contribution >= 0.6 is 0 Å². The van der Waals surface area contributed by atoms with E-state index in [-0.39, 0.29) is 12.1 Å². The van der Waals surface area contributed by atoms with Gasteiger partial charge in [-0.05, 0) is 62.7 Å². The third-order valence-electron chi connectivity index (χ3n) is 5.25. The molecule has 4 nitrogen and oxygen atoms in total. The van der Waals surface area contributed by atoms with E-state index in [1.807, 2.05) is 0 Å². The molecule has 0 aromatic heterocycles. The number of nitrogens with zero attached hydrogens (tertiary/aromatic N) is 2. The Bertz CT molecular complexity index is 392. The van der Waals surface area contributed by atoms with Crippen molar-refractivity contribution in [1.29, 1.82) is 0 Å². The van der Waals surface area contributed by atoms with Gasteiger partial charge in [0.1, 0.15) is 0 Å². The van der Waals surface area contributed by atoms with Crippen molar-refractivity contribution < 1.29 is 9.59 Å². The summed E-state index contributed by atoms with van der Waals surface area (Å²) >= 11 is 0. The fourth-order valence-electron chi connectivity index (χ4n) is 3.85. The van der Waals surface area contributed by atoms with E-state index in [2.05, 4.69) is 16.9 Å². The molecule has 0 atom stereocenters. The largest absolute Gasteiger partial charge is 0.235 e. The highest BCUT2D eigenvalue weighted by atomic mass is 16.1. The minimum Gasteiger partial charge on any atom is -0.211 e. The molecule has 0 spiro atoms. The van der Waals surface area contributed by atoms with E-state index >= 15 is 0 Å². The Kier molecular flexibility index (Phi) is 4.68. The molecule has 2 aliphatic carbocycles. The van der Waals surface area contributed by atoms with Gasteiger partial charge in [-0.3, -0.25) is 0 Å². The van der Waals surface area contributed by atoms with Crippen LogP contribution in [0.15, 0.2) is 9.98 Å². The highest BCUT2D eigenvalue weighted by molar-refractivity contribution is 5.34.